The largest absolute Gasteiger partial charge is 0.485 e. The molecule has 0 aliphatic carbocycles. The SMILES string of the molecule is CCC(N)(CC)COc1ccc(C)cc1[N+](=O)[O-]. The maximum atomic E-state index is 10.9. The minimum atomic E-state index is -0.432. The molecule has 1 aromatic rings. The molecule has 18 heavy (non-hydrogen) atoms. The first-order valence-corrected chi connectivity index (χ1v) is 6.08. The highest BCUT2D eigenvalue weighted by Gasteiger charge is 2.23. The molecule has 1 aromatic carbocycles. The Balaban J connectivity index is 2.88. The van der Waals surface area contributed by atoms with Crippen LogP contribution in [-0.2, 0) is 0 Å². The van der Waals surface area contributed by atoms with E-state index in [1.165, 1.54) is 6.07 Å². The summed E-state index contributed by atoms with van der Waals surface area (Å²) >= 11 is 0. The van der Waals surface area contributed by atoms with Crippen LogP contribution in [0.2, 0.25) is 0 Å². The molecule has 0 aliphatic heterocycles. The summed E-state index contributed by atoms with van der Waals surface area (Å²) < 4.78 is 5.53. The van der Waals surface area contributed by atoms with Gasteiger partial charge in [0.25, 0.3) is 0 Å². The Kier molecular flexibility index (Phi) is 4.67. The quantitative estimate of drug-likeness (QED) is 0.623. The van der Waals surface area contributed by atoms with E-state index in [2.05, 4.69) is 0 Å². The molecule has 0 amide bonds. The van der Waals surface area contributed by atoms with Gasteiger partial charge in [0.15, 0.2) is 5.75 Å². The first-order chi connectivity index (χ1) is 8.41. The van der Waals surface area contributed by atoms with E-state index in [1.54, 1.807) is 12.1 Å². The Morgan fingerprint density at radius 1 is 1.39 bits per heavy atom. The highest BCUT2D eigenvalue weighted by Crippen LogP contribution is 2.28. The average molecular weight is 252 g/mol. The molecule has 0 atom stereocenters. The monoisotopic (exact) mass is 252 g/mol. The molecule has 0 aliphatic rings. The number of nitrogens with two attached hydrogens (primary N) is 1. The van der Waals surface area contributed by atoms with Gasteiger partial charge in [0.05, 0.1) is 4.92 Å². The molecule has 0 saturated heterocycles. The van der Waals surface area contributed by atoms with Gasteiger partial charge < -0.3 is 10.5 Å². The van der Waals surface area contributed by atoms with E-state index in [0.717, 1.165) is 18.4 Å². The van der Waals surface area contributed by atoms with Gasteiger partial charge in [0.1, 0.15) is 6.61 Å². The number of rotatable bonds is 6. The van der Waals surface area contributed by atoms with Crippen molar-refractivity contribution in [3.05, 3.63) is 33.9 Å². The van der Waals surface area contributed by atoms with Gasteiger partial charge in [0.2, 0.25) is 0 Å². The molecule has 0 saturated carbocycles. The molecule has 1 rings (SSSR count). The third-order valence-electron chi connectivity index (χ3n) is 3.23. The molecule has 0 radical (unpaired) electrons. The average Bonchev–Trinajstić information content (AvgIpc) is 2.36. The second-order valence-electron chi connectivity index (χ2n) is 4.59. The molecule has 5 nitrogen and oxygen atoms in total. The van der Waals surface area contributed by atoms with E-state index in [0.29, 0.717) is 0 Å². The second-order valence-corrected chi connectivity index (χ2v) is 4.59. The summed E-state index contributed by atoms with van der Waals surface area (Å²) in [7, 11) is 0. The predicted molar refractivity (Wildman–Crippen MR) is 70.8 cm³/mol. The Labute approximate surface area is 107 Å². The van der Waals surface area contributed by atoms with Crippen LogP contribution < -0.4 is 10.5 Å². The van der Waals surface area contributed by atoms with E-state index in [9.17, 15) is 10.1 Å². The number of hydrogen-bond acceptors (Lipinski definition) is 4. The number of nitro benzene ring substituents is 1. The fraction of sp³-hybridized carbons (Fsp3) is 0.538. The Morgan fingerprint density at radius 3 is 2.50 bits per heavy atom. The van der Waals surface area contributed by atoms with Crippen molar-refractivity contribution in [2.24, 2.45) is 5.73 Å². The Bertz CT molecular complexity index is 428. The van der Waals surface area contributed by atoms with Crippen LogP contribution in [0.15, 0.2) is 18.2 Å². The molecule has 100 valence electrons. The van der Waals surface area contributed by atoms with Crippen LogP contribution in [0.1, 0.15) is 32.3 Å². The highest BCUT2D eigenvalue weighted by molar-refractivity contribution is 5.48. The van der Waals surface area contributed by atoms with Crippen molar-refractivity contribution in [3.8, 4) is 5.75 Å². The van der Waals surface area contributed by atoms with Crippen molar-refractivity contribution >= 4 is 5.69 Å². The smallest absolute Gasteiger partial charge is 0.311 e. The van der Waals surface area contributed by atoms with Crippen LogP contribution in [0.25, 0.3) is 0 Å². The molecule has 0 heterocycles. The lowest BCUT2D eigenvalue weighted by Gasteiger charge is -2.26. The van der Waals surface area contributed by atoms with Crippen LogP contribution in [0.5, 0.6) is 5.75 Å². The van der Waals surface area contributed by atoms with E-state index >= 15 is 0 Å². The summed E-state index contributed by atoms with van der Waals surface area (Å²) in [6.07, 6.45) is 1.53. The van der Waals surface area contributed by atoms with Crippen LogP contribution in [0.4, 0.5) is 5.69 Å². The molecule has 0 spiro atoms. The maximum Gasteiger partial charge on any atom is 0.311 e. The standard InChI is InChI=1S/C13H20N2O3/c1-4-13(14,5-2)9-18-12-7-6-10(3)8-11(12)15(16)17/h6-8H,4-5,9,14H2,1-3H3. The Hall–Kier alpha value is -1.62. The molecule has 0 fully saturated rings. The van der Waals surface area contributed by atoms with Crippen LogP contribution >= 0.6 is 0 Å². The number of nitrogens with zero attached hydrogens (tertiary/aromatic N) is 1. The summed E-state index contributed by atoms with van der Waals surface area (Å²) in [5, 5.41) is 10.9. The molecule has 2 N–H and O–H groups in total. The highest BCUT2D eigenvalue weighted by atomic mass is 16.6. The lowest BCUT2D eigenvalue weighted by molar-refractivity contribution is -0.386. The topological polar surface area (TPSA) is 78.4 Å². The number of hydrogen-bond donors (Lipinski definition) is 1. The van der Waals surface area contributed by atoms with Gasteiger partial charge in [-0.2, -0.15) is 0 Å². The normalized spacial score (nSPS) is 11.3. The minimum Gasteiger partial charge on any atom is -0.485 e. The number of ether oxygens (including phenoxy) is 1. The number of aryl methyl sites for hydroxylation is 1. The fourth-order valence-electron chi connectivity index (χ4n) is 1.57. The second kappa shape index (κ2) is 5.82. The molecule has 0 aromatic heterocycles. The number of benzene rings is 1. The Morgan fingerprint density at radius 2 is 2.00 bits per heavy atom. The summed E-state index contributed by atoms with van der Waals surface area (Å²) in [6.45, 7) is 6.05. The number of nitro groups is 1. The van der Waals surface area contributed by atoms with E-state index < -0.39 is 10.5 Å². The van der Waals surface area contributed by atoms with Gasteiger partial charge >= 0.3 is 5.69 Å². The lowest BCUT2D eigenvalue weighted by Crippen LogP contribution is -2.44. The van der Waals surface area contributed by atoms with Crippen molar-refractivity contribution in [2.45, 2.75) is 39.2 Å². The van der Waals surface area contributed by atoms with Crippen molar-refractivity contribution in [1.29, 1.82) is 0 Å². The van der Waals surface area contributed by atoms with Gasteiger partial charge in [-0.05, 0) is 31.4 Å². The minimum absolute atomic E-state index is 0.00967. The summed E-state index contributed by atoms with van der Waals surface area (Å²) in [5.74, 6) is 0.280. The van der Waals surface area contributed by atoms with Gasteiger partial charge in [-0.3, -0.25) is 10.1 Å². The van der Waals surface area contributed by atoms with Gasteiger partial charge in [-0.1, -0.05) is 19.9 Å². The lowest BCUT2D eigenvalue weighted by atomic mass is 9.96. The summed E-state index contributed by atoms with van der Waals surface area (Å²) in [6, 6.07) is 4.92. The zero-order chi connectivity index (χ0) is 13.8. The first kappa shape index (κ1) is 14.4. The van der Waals surface area contributed by atoms with Crippen LogP contribution in [0, 0.1) is 17.0 Å². The van der Waals surface area contributed by atoms with E-state index in [1.807, 2.05) is 20.8 Å². The molecular weight excluding hydrogens is 232 g/mol. The van der Waals surface area contributed by atoms with Crippen molar-refractivity contribution < 1.29 is 9.66 Å². The predicted octanol–water partition coefficient (Wildman–Crippen LogP) is 2.80. The summed E-state index contributed by atoms with van der Waals surface area (Å²) in [5.41, 5.74) is 6.50. The van der Waals surface area contributed by atoms with Crippen LogP contribution in [0.3, 0.4) is 0 Å². The van der Waals surface area contributed by atoms with Crippen molar-refractivity contribution in [2.75, 3.05) is 6.61 Å². The van der Waals surface area contributed by atoms with Gasteiger partial charge in [0, 0.05) is 11.6 Å². The molecular formula is C13H20N2O3. The zero-order valence-electron chi connectivity index (χ0n) is 11.1. The molecule has 5 heteroatoms. The zero-order valence-corrected chi connectivity index (χ0v) is 11.1. The van der Waals surface area contributed by atoms with Crippen molar-refractivity contribution in [1.82, 2.24) is 0 Å². The first-order valence-electron chi connectivity index (χ1n) is 6.08. The maximum absolute atomic E-state index is 10.9. The van der Waals surface area contributed by atoms with E-state index in [-0.39, 0.29) is 18.0 Å². The van der Waals surface area contributed by atoms with Crippen molar-refractivity contribution in [3.63, 3.8) is 0 Å². The van der Waals surface area contributed by atoms with Crippen LogP contribution in [-0.4, -0.2) is 17.1 Å². The third kappa shape index (κ3) is 3.43. The fourth-order valence-corrected chi connectivity index (χ4v) is 1.57. The van der Waals surface area contributed by atoms with Gasteiger partial charge in [-0.25, -0.2) is 0 Å². The summed E-state index contributed by atoms with van der Waals surface area (Å²) in [4.78, 5) is 10.5. The van der Waals surface area contributed by atoms with E-state index in [4.69, 9.17) is 10.5 Å². The molecule has 0 bridgehead atoms. The molecule has 0 unspecified atom stereocenters. The van der Waals surface area contributed by atoms with Gasteiger partial charge in [-0.15, -0.1) is 0 Å². The third-order valence-corrected chi connectivity index (χ3v) is 3.23.